The van der Waals surface area contributed by atoms with Crippen molar-refractivity contribution in [2.24, 2.45) is 5.73 Å². The highest BCUT2D eigenvalue weighted by atomic mass is 35.5. The quantitative estimate of drug-likeness (QED) is 0.707. The molecule has 0 radical (unpaired) electrons. The van der Waals surface area contributed by atoms with Crippen LogP contribution in [0.1, 0.15) is 16.8 Å². The lowest BCUT2D eigenvalue weighted by atomic mass is 10.3. The number of nitrogens with zero attached hydrogens (tertiary/aromatic N) is 1. The number of halogens is 1. The van der Waals surface area contributed by atoms with Crippen molar-refractivity contribution in [2.45, 2.75) is 6.42 Å². The molecule has 0 aromatic carbocycles. The second-order valence-electron chi connectivity index (χ2n) is 3.00. The van der Waals surface area contributed by atoms with Gasteiger partial charge in [0.25, 0.3) is 0 Å². The molecular formula is C9H10ClN3O3. The number of carbonyl (C=O) groups is 2. The summed E-state index contributed by atoms with van der Waals surface area (Å²) in [5.74, 6) is -1.21. The van der Waals surface area contributed by atoms with E-state index in [1.165, 1.54) is 12.3 Å². The zero-order valence-electron chi connectivity index (χ0n) is 8.24. The van der Waals surface area contributed by atoms with E-state index in [1.54, 1.807) is 0 Å². The predicted octanol–water partition coefficient (Wildman–Crippen LogP) is 0.720. The minimum absolute atomic E-state index is 0.00505. The first-order chi connectivity index (χ1) is 7.50. The minimum atomic E-state index is -1.10. The number of aromatic carboxylic acids is 1. The molecule has 6 nitrogen and oxygen atoms in total. The SMILES string of the molecule is NC(=O)CCNc1ncc(C(=O)O)cc1Cl. The summed E-state index contributed by atoms with van der Waals surface area (Å²) in [5.41, 5.74) is 4.95. The average molecular weight is 244 g/mol. The molecule has 1 aromatic rings. The Morgan fingerprint density at radius 3 is 2.75 bits per heavy atom. The van der Waals surface area contributed by atoms with Gasteiger partial charge in [-0.1, -0.05) is 11.6 Å². The van der Waals surface area contributed by atoms with Crippen molar-refractivity contribution >= 4 is 29.3 Å². The first-order valence-corrected chi connectivity index (χ1v) is 4.79. The Kier molecular flexibility index (Phi) is 4.07. The fourth-order valence-electron chi connectivity index (χ4n) is 0.989. The van der Waals surface area contributed by atoms with E-state index >= 15 is 0 Å². The van der Waals surface area contributed by atoms with Crippen molar-refractivity contribution in [3.63, 3.8) is 0 Å². The number of carboxylic acid groups (broad SMARTS) is 1. The smallest absolute Gasteiger partial charge is 0.337 e. The monoisotopic (exact) mass is 243 g/mol. The standard InChI is InChI=1S/C9H10ClN3O3/c10-6-3-5(9(15)16)4-13-8(6)12-2-1-7(11)14/h3-4H,1-2H2,(H2,11,14)(H,12,13)(H,15,16). The molecule has 1 rings (SSSR count). The zero-order valence-corrected chi connectivity index (χ0v) is 8.99. The first kappa shape index (κ1) is 12.3. The van der Waals surface area contributed by atoms with Gasteiger partial charge < -0.3 is 16.2 Å². The van der Waals surface area contributed by atoms with Crippen LogP contribution in [0.2, 0.25) is 5.02 Å². The van der Waals surface area contributed by atoms with Crippen LogP contribution >= 0.6 is 11.6 Å². The van der Waals surface area contributed by atoms with Gasteiger partial charge >= 0.3 is 5.97 Å². The van der Waals surface area contributed by atoms with Gasteiger partial charge in [-0.05, 0) is 6.07 Å². The topological polar surface area (TPSA) is 105 Å². The largest absolute Gasteiger partial charge is 0.478 e. The van der Waals surface area contributed by atoms with E-state index in [4.69, 9.17) is 22.4 Å². The van der Waals surface area contributed by atoms with Gasteiger partial charge in [0.2, 0.25) is 5.91 Å². The zero-order chi connectivity index (χ0) is 12.1. The number of amides is 1. The van der Waals surface area contributed by atoms with Gasteiger partial charge in [-0.3, -0.25) is 4.79 Å². The average Bonchev–Trinajstić information content (AvgIpc) is 2.19. The van der Waals surface area contributed by atoms with Crippen LogP contribution < -0.4 is 11.1 Å². The van der Waals surface area contributed by atoms with Crippen molar-refractivity contribution in [2.75, 3.05) is 11.9 Å². The Morgan fingerprint density at radius 2 is 2.25 bits per heavy atom. The molecule has 1 amide bonds. The van der Waals surface area contributed by atoms with Crippen LogP contribution in [0.4, 0.5) is 5.82 Å². The van der Waals surface area contributed by atoms with Crippen LogP contribution in [0, 0.1) is 0 Å². The number of carboxylic acids is 1. The van der Waals surface area contributed by atoms with Crippen molar-refractivity contribution < 1.29 is 14.7 Å². The van der Waals surface area contributed by atoms with E-state index in [0.717, 1.165) is 0 Å². The summed E-state index contributed by atoms with van der Waals surface area (Å²) in [6.07, 6.45) is 1.33. The molecule has 1 aromatic heterocycles. The van der Waals surface area contributed by atoms with Crippen LogP contribution in [-0.4, -0.2) is 28.5 Å². The lowest BCUT2D eigenvalue weighted by molar-refractivity contribution is -0.117. The molecule has 0 aliphatic carbocycles. The number of hydrogen-bond donors (Lipinski definition) is 3. The highest BCUT2D eigenvalue weighted by Crippen LogP contribution is 2.19. The van der Waals surface area contributed by atoms with Gasteiger partial charge in [-0.25, -0.2) is 9.78 Å². The van der Waals surface area contributed by atoms with E-state index in [-0.39, 0.29) is 17.0 Å². The third-order valence-corrected chi connectivity index (χ3v) is 2.04. The molecule has 1 heterocycles. The molecule has 0 unspecified atom stereocenters. The summed E-state index contributed by atoms with van der Waals surface area (Å²) >= 11 is 5.78. The van der Waals surface area contributed by atoms with Crippen LogP contribution in [0.15, 0.2) is 12.3 Å². The van der Waals surface area contributed by atoms with Gasteiger partial charge in [-0.15, -0.1) is 0 Å². The highest BCUT2D eigenvalue weighted by molar-refractivity contribution is 6.33. The summed E-state index contributed by atoms with van der Waals surface area (Å²) in [5, 5.41) is 11.6. The summed E-state index contributed by atoms with van der Waals surface area (Å²) in [7, 11) is 0. The maximum absolute atomic E-state index is 10.6. The van der Waals surface area contributed by atoms with Gasteiger partial charge in [-0.2, -0.15) is 0 Å². The number of hydrogen-bond acceptors (Lipinski definition) is 4. The highest BCUT2D eigenvalue weighted by Gasteiger charge is 2.08. The summed E-state index contributed by atoms with van der Waals surface area (Å²) in [4.78, 5) is 24.9. The van der Waals surface area contributed by atoms with Gasteiger partial charge in [0.15, 0.2) is 0 Å². The van der Waals surface area contributed by atoms with Gasteiger partial charge in [0.05, 0.1) is 10.6 Å². The number of anilines is 1. The summed E-state index contributed by atoms with van der Waals surface area (Å²) in [6.45, 7) is 0.300. The number of rotatable bonds is 5. The summed E-state index contributed by atoms with van der Waals surface area (Å²) < 4.78 is 0. The van der Waals surface area contributed by atoms with Crippen molar-refractivity contribution in [3.8, 4) is 0 Å². The van der Waals surface area contributed by atoms with Crippen LogP contribution in [-0.2, 0) is 4.79 Å². The van der Waals surface area contributed by atoms with Crippen LogP contribution in [0.5, 0.6) is 0 Å². The minimum Gasteiger partial charge on any atom is -0.478 e. The number of aromatic nitrogens is 1. The lowest BCUT2D eigenvalue weighted by Crippen LogP contribution is -2.16. The van der Waals surface area contributed by atoms with Gasteiger partial charge in [0.1, 0.15) is 5.82 Å². The van der Waals surface area contributed by atoms with Crippen molar-refractivity contribution in [1.29, 1.82) is 0 Å². The number of pyridine rings is 1. The molecule has 4 N–H and O–H groups in total. The van der Waals surface area contributed by atoms with E-state index in [2.05, 4.69) is 10.3 Å². The molecular weight excluding hydrogens is 234 g/mol. The van der Waals surface area contributed by atoms with E-state index in [1.807, 2.05) is 0 Å². The third kappa shape index (κ3) is 3.39. The Labute approximate surface area is 96.4 Å². The number of nitrogens with two attached hydrogens (primary N) is 1. The van der Waals surface area contributed by atoms with E-state index < -0.39 is 11.9 Å². The molecule has 0 aliphatic heterocycles. The molecule has 86 valence electrons. The number of primary amides is 1. The van der Waals surface area contributed by atoms with E-state index in [9.17, 15) is 9.59 Å². The Bertz CT molecular complexity index is 422. The van der Waals surface area contributed by atoms with E-state index in [0.29, 0.717) is 12.4 Å². The summed E-state index contributed by atoms with van der Waals surface area (Å²) in [6, 6.07) is 1.28. The molecule has 0 spiro atoms. The maximum atomic E-state index is 10.6. The molecule has 0 fully saturated rings. The number of nitrogens with one attached hydrogen (secondary N) is 1. The lowest BCUT2D eigenvalue weighted by Gasteiger charge is -2.06. The molecule has 16 heavy (non-hydrogen) atoms. The Morgan fingerprint density at radius 1 is 1.56 bits per heavy atom. The molecule has 0 bridgehead atoms. The fourth-order valence-corrected chi connectivity index (χ4v) is 1.22. The van der Waals surface area contributed by atoms with Crippen molar-refractivity contribution in [1.82, 2.24) is 4.98 Å². The molecule has 0 saturated heterocycles. The van der Waals surface area contributed by atoms with Crippen LogP contribution in [0.3, 0.4) is 0 Å². The normalized spacial score (nSPS) is 9.81. The molecule has 0 aliphatic rings. The Balaban J connectivity index is 2.68. The fraction of sp³-hybridized carbons (Fsp3) is 0.222. The third-order valence-electron chi connectivity index (χ3n) is 1.75. The molecule has 0 atom stereocenters. The van der Waals surface area contributed by atoms with Crippen molar-refractivity contribution in [3.05, 3.63) is 22.8 Å². The maximum Gasteiger partial charge on any atom is 0.337 e. The molecule has 7 heteroatoms. The number of carbonyl (C=O) groups excluding carboxylic acids is 1. The first-order valence-electron chi connectivity index (χ1n) is 4.41. The Hall–Kier alpha value is -1.82. The predicted molar refractivity (Wildman–Crippen MR) is 58.5 cm³/mol. The molecule has 0 saturated carbocycles. The van der Waals surface area contributed by atoms with Crippen LogP contribution in [0.25, 0.3) is 0 Å². The second-order valence-corrected chi connectivity index (χ2v) is 3.41. The van der Waals surface area contributed by atoms with Gasteiger partial charge in [0, 0.05) is 19.2 Å². The second kappa shape index (κ2) is 5.32.